The van der Waals surface area contributed by atoms with Gasteiger partial charge in [0, 0.05) is 12.1 Å². The van der Waals surface area contributed by atoms with Gasteiger partial charge in [0.25, 0.3) is 0 Å². The van der Waals surface area contributed by atoms with Gasteiger partial charge in [0.15, 0.2) is 0 Å². The average Bonchev–Trinajstić information content (AvgIpc) is 2.43. The summed E-state index contributed by atoms with van der Waals surface area (Å²) in [6, 6.07) is 12.2. The first-order valence-corrected chi connectivity index (χ1v) is 8.70. The highest BCUT2D eigenvalue weighted by molar-refractivity contribution is 5.23. The molecule has 1 saturated carbocycles. The second-order valence-corrected chi connectivity index (χ2v) is 7.99. The van der Waals surface area contributed by atoms with Crippen molar-refractivity contribution in [2.45, 2.75) is 77.8 Å². The van der Waals surface area contributed by atoms with Crippen LogP contribution in [0.3, 0.4) is 0 Å². The molecule has 0 amide bonds. The normalized spacial score (nSPS) is 28.3. The van der Waals surface area contributed by atoms with Crippen molar-refractivity contribution in [3.8, 4) is 0 Å². The van der Waals surface area contributed by atoms with Crippen molar-refractivity contribution in [2.24, 2.45) is 11.8 Å². The van der Waals surface area contributed by atoms with Crippen LogP contribution in [-0.4, -0.2) is 12.1 Å². The Labute approximate surface area is 131 Å². The Morgan fingerprint density at radius 3 is 2.38 bits per heavy atom. The first-order chi connectivity index (χ1) is 9.88. The first-order valence-electron chi connectivity index (χ1n) is 8.70. The smallest absolute Gasteiger partial charge is 0.00722 e. The van der Waals surface area contributed by atoms with Gasteiger partial charge in [0.1, 0.15) is 0 Å². The molecule has 118 valence electrons. The van der Waals surface area contributed by atoms with E-state index >= 15 is 0 Å². The van der Waals surface area contributed by atoms with Crippen molar-refractivity contribution in [1.29, 1.82) is 0 Å². The molecule has 0 aromatic heterocycles. The van der Waals surface area contributed by atoms with Gasteiger partial charge in [-0.2, -0.15) is 0 Å². The van der Waals surface area contributed by atoms with Gasteiger partial charge < -0.3 is 5.32 Å². The molecule has 1 aliphatic rings. The Morgan fingerprint density at radius 1 is 1.10 bits per heavy atom. The molecule has 2 rings (SSSR count). The molecule has 21 heavy (non-hydrogen) atoms. The molecule has 0 aliphatic heterocycles. The second kappa shape index (κ2) is 6.96. The lowest BCUT2D eigenvalue weighted by molar-refractivity contribution is 0.209. The Kier molecular flexibility index (Phi) is 5.48. The van der Waals surface area contributed by atoms with Crippen molar-refractivity contribution in [2.75, 3.05) is 0 Å². The molecule has 0 radical (unpaired) electrons. The van der Waals surface area contributed by atoms with Crippen LogP contribution in [0.4, 0.5) is 0 Å². The van der Waals surface area contributed by atoms with Crippen LogP contribution in [0, 0.1) is 11.8 Å². The third-order valence-corrected chi connectivity index (χ3v) is 5.49. The van der Waals surface area contributed by atoms with E-state index < -0.39 is 0 Å². The van der Waals surface area contributed by atoms with Crippen LogP contribution in [0.1, 0.15) is 65.9 Å². The van der Waals surface area contributed by atoms with Gasteiger partial charge in [0.05, 0.1) is 0 Å². The minimum Gasteiger partial charge on any atom is -0.311 e. The van der Waals surface area contributed by atoms with Gasteiger partial charge in [0.2, 0.25) is 0 Å². The predicted molar refractivity (Wildman–Crippen MR) is 92.6 cm³/mol. The number of nitrogens with one attached hydrogen (secondary N) is 1. The highest BCUT2D eigenvalue weighted by atomic mass is 14.9. The zero-order chi connectivity index (χ0) is 15.5. The fourth-order valence-corrected chi connectivity index (χ4v) is 3.93. The Hall–Kier alpha value is -0.820. The van der Waals surface area contributed by atoms with E-state index in [4.69, 9.17) is 0 Å². The summed E-state index contributed by atoms with van der Waals surface area (Å²) < 4.78 is 0. The van der Waals surface area contributed by atoms with Gasteiger partial charge in [-0.3, -0.25) is 0 Å². The summed E-state index contributed by atoms with van der Waals surface area (Å²) in [6.07, 6.45) is 5.27. The summed E-state index contributed by atoms with van der Waals surface area (Å²) in [5.41, 5.74) is 1.69. The Morgan fingerprint density at radius 2 is 1.76 bits per heavy atom. The molecule has 1 aromatic rings. The van der Waals surface area contributed by atoms with Crippen molar-refractivity contribution in [3.63, 3.8) is 0 Å². The van der Waals surface area contributed by atoms with Gasteiger partial charge in [-0.25, -0.2) is 0 Å². The van der Waals surface area contributed by atoms with E-state index in [1.807, 2.05) is 0 Å². The van der Waals surface area contributed by atoms with Crippen molar-refractivity contribution in [3.05, 3.63) is 35.9 Å². The van der Waals surface area contributed by atoms with Crippen LogP contribution < -0.4 is 5.32 Å². The van der Waals surface area contributed by atoms with Crippen molar-refractivity contribution >= 4 is 0 Å². The van der Waals surface area contributed by atoms with Crippen LogP contribution in [0.5, 0.6) is 0 Å². The fourth-order valence-electron chi connectivity index (χ4n) is 3.93. The van der Waals surface area contributed by atoms with Crippen molar-refractivity contribution in [1.82, 2.24) is 5.32 Å². The van der Waals surface area contributed by atoms with Crippen LogP contribution in [-0.2, 0) is 5.41 Å². The number of hydrogen-bond donors (Lipinski definition) is 1. The summed E-state index contributed by atoms with van der Waals surface area (Å²) in [4.78, 5) is 0. The zero-order valence-electron chi connectivity index (χ0n) is 14.5. The third kappa shape index (κ3) is 4.57. The molecule has 0 bridgehead atoms. The molecule has 1 aromatic carbocycles. The standard InChI is InChI=1S/C20H33N/c1-15-11-12-19(13-16(15)2)21-17(3)14-20(4,5)18-9-7-6-8-10-18/h6-10,15-17,19,21H,11-14H2,1-5H3. The minimum atomic E-state index is 0.237. The van der Waals surface area contributed by atoms with Crippen LogP contribution in [0.25, 0.3) is 0 Å². The van der Waals surface area contributed by atoms with Crippen LogP contribution >= 0.6 is 0 Å². The topological polar surface area (TPSA) is 12.0 Å². The molecule has 0 saturated heterocycles. The van der Waals surface area contributed by atoms with E-state index in [2.05, 4.69) is 70.3 Å². The highest BCUT2D eigenvalue weighted by Crippen LogP contribution is 2.31. The quantitative estimate of drug-likeness (QED) is 0.789. The van der Waals surface area contributed by atoms with Gasteiger partial charge in [-0.1, -0.05) is 58.0 Å². The minimum absolute atomic E-state index is 0.237. The SMILES string of the molecule is CC(CC(C)(C)c1ccccc1)NC1CCC(C)C(C)C1. The molecule has 1 heteroatoms. The van der Waals surface area contributed by atoms with Gasteiger partial charge in [-0.15, -0.1) is 0 Å². The monoisotopic (exact) mass is 287 g/mol. The fraction of sp³-hybridized carbons (Fsp3) is 0.700. The lowest BCUT2D eigenvalue weighted by atomic mass is 9.77. The summed E-state index contributed by atoms with van der Waals surface area (Å²) in [6.45, 7) is 11.9. The molecule has 1 fully saturated rings. The summed E-state index contributed by atoms with van der Waals surface area (Å²) in [5, 5.41) is 3.90. The maximum absolute atomic E-state index is 3.90. The summed E-state index contributed by atoms with van der Waals surface area (Å²) >= 11 is 0. The van der Waals surface area contributed by atoms with Gasteiger partial charge >= 0.3 is 0 Å². The molecule has 4 unspecified atom stereocenters. The van der Waals surface area contributed by atoms with E-state index in [-0.39, 0.29) is 5.41 Å². The van der Waals surface area contributed by atoms with Crippen LogP contribution in [0.2, 0.25) is 0 Å². The van der Waals surface area contributed by atoms with E-state index in [1.54, 1.807) is 0 Å². The van der Waals surface area contributed by atoms with Crippen LogP contribution in [0.15, 0.2) is 30.3 Å². The zero-order valence-corrected chi connectivity index (χ0v) is 14.5. The van der Waals surface area contributed by atoms with E-state index in [0.29, 0.717) is 6.04 Å². The third-order valence-electron chi connectivity index (χ3n) is 5.49. The second-order valence-electron chi connectivity index (χ2n) is 7.99. The highest BCUT2D eigenvalue weighted by Gasteiger charge is 2.28. The summed E-state index contributed by atoms with van der Waals surface area (Å²) in [5.74, 6) is 1.77. The lowest BCUT2D eigenvalue weighted by Gasteiger charge is -2.36. The lowest BCUT2D eigenvalue weighted by Crippen LogP contribution is -2.43. The van der Waals surface area contributed by atoms with E-state index in [0.717, 1.165) is 17.9 Å². The van der Waals surface area contributed by atoms with E-state index in [9.17, 15) is 0 Å². The number of hydrogen-bond acceptors (Lipinski definition) is 1. The van der Waals surface area contributed by atoms with Gasteiger partial charge in [-0.05, 0) is 55.4 Å². The molecule has 4 atom stereocenters. The number of benzene rings is 1. The molecule has 0 spiro atoms. The molecule has 0 heterocycles. The van der Waals surface area contributed by atoms with Crippen molar-refractivity contribution < 1.29 is 0 Å². The largest absolute Gasteiger partial charge is 0.311 e. The molecular weight excluding hydrogens is 254 g/mol. The molecule has 1 N–H and O–H groups in total. The average molecular weight is 287 g/mol. The molecule has 1 nitrogen and oxygen atoms in total. The van der Waals surface area contributed by atoms with E-state index in [1.165, 1.54) is 31.2 Å². The number of rotatable bonds is 5. The molecule has 1 aliphatic carbocycles. The maximum Gasteiger partial charge on any atom is 0.00722 e. The Bertz CT molecular complexity index is 423. The Balaban J connectivity index is 1.88. The molecular formula is C20H33N. The summed E-state index contributed by atoms with van der Waals surface area (Å²) in [7, 11) is 0. The first kappa shape index (κ1) is 16.5. The predicted octanol–water partition coefficient (Wildman–Crippen LogP) is 5.16. The maximum atomic E-state index is 3.90.